The van der Waals surface area contributed by atoms with Crippen LogP contribution in [0.3, 0.4) is 0 Å². The number of hydrogen-bond acceptors (Lipinski definition) is 5. The number of alkyl halides is 3. The van der Waals surface area contributed by atoms with Crippen molar-refractivity contribution in [3.05, 3.63) is 56.2 Å². The maximum absolute atomic E-state index is 12.7. The van der Waals surface area contributed by atoms with Crippen molar-refractivity contribution in [1.29, 1.82) is 0 Å². The molecular weight excluding hydrogens is 367 g/mol. The Morgan fingerprint density at radius 3 is 2.52 bits per heavy atom. The van der Waals surface area contributed by atoms with Gasteiger partial charge in [0.1, 0.15) is 17.1 Å². The Kier molecular flexibility index (Phi) is 5.77. The molecule has 0 atom stereocenters. The van der Waals surface area contributed by atoms with Crippen molar-refractivity contribution in [2.75, 3.05) is 12.3 Å². The molecule has 2 rings (SSSR count). The maximum atomic E-state index is 12.7. The average Bonchev–Trinajstić information content (AvgIpc) is 2.61. The Morgan fingerprint density at radius 1 is 1.26 bits per heavy atom. The van der Waals surface area contributed by atoms with Crippen molar-refractivity contribution in [1.82, 2.24) is 9.13 Å². The third-order valence-corrected chi connectivity index (χ3v) is 3.84. The molecule has 7 nitrogen and oxygen atoms in total. The van der Waals surface area contributed by atoms with Crippen LogP contribution in [-0.2, 0) is 19.8 Å². The highest BCUT2D eigenvalue weighted by atomic mass is 19.4. The summed E-state index contributed by atoms with van der Waals surface area (Å²) < 4.78 is 45.1. The Labute approximate surface area is 151 Å². The summed E-state index contributed by atoms with van der Waals surface area (Å²) in [5, 5.41) is 0. The fourth-order valence-corrected chi connectivity index (χ4v) is 2.47. The van der Waals surface area contributed by atoms with Crippen molar-refractivity contribution < 1.29 is 22.7 Å². The summed E-state index contributed by atoms with van der Waals surface area (Å²) in [6, 6.07) is 4.00. The molecule has 0 aliphatic carbocycles. The second-order valence-electron chi connectivity index (χ2n) is 5.80. The molecule has 1 aromatic heterocycles. The van der Waals surface area contributed by atoms with Gasteiger partial charge in [0.05, 0.1) is 5.56 Å². The van der Waals surface area contributed by atoms with Gasteiger partial charge in [-0.3, -0.25) is 18.7 Å². The average molecular weight is 385 g/mol. The molecule has 2 N–H and O–H groups in total. The van der Waals surface area contributed by atoms with Gasteiger partial charge in [-0.05, 0) is 24.6 Å². The molecule has 0 unspecified atom stereocenters. The van der Waals surface area contributed by atoms with E-state index >= 15 is 0 Å². The van der Waals surface area contributed by atoms with Gasteiger partial charge in [0.25, 0.3) is 5.56 Å². The van der Waals surface area contributed by atoms with Crippen LogP contribution in [0.5, 0.6) is 5.75 Å². The van der Waals surface area contributed by atoms with Crippen LogP contribution in [0.2, 0.25) is 0 Å². The molecule has 0 saturated carbocycles. The van der Waals surface area contributed by atoms with Gasteiger partial charge in [0.2, 0.25) is 5.78 Å². The smallest absolute Gasteiger partial charge is 0.416 e. The normalized spacial score (nSPS) is 11.4. The quantitative estimate of drug-likeness (QED) is 0.766. The SMILES string of the molecule is CCCn1c(N)c(C(=O)COc2cccc(C(F)(F)F)c2)c(=O)n(C)c1=O. The van der Waals surface area contributed by atoms with E-state index in [0.29, 0.717) is 6.42 Å². The molecule has 0 aliphatic heterocycles. The first-order chi connectivity index (χ1) is 12.6. The number of ketones is 1. The third-order valence-electron chi connectivity index (χ3n) is 3.84. The van der Waals surface area contributed by atoms with E-state index in [1.165, 1.54) is 13.1 Å². The van der Waals surface area contributed by atoms with E-state index in [-0.39, 0.29) is 18.1 Å². The zero-order chi connectivity index (χ0) is 20.4. The third kappa shape index (κ3) is 4.21. The second kappa shape index (κ2) is 7.68. The fraction of sp³-hybridized carbons (Fsp3) is 0.353. The van der Waals surface area contributed by atoms with E-state index in [0.717, 1.165) is 27.3 Å². The molecule has 0 aliphatic rings. The first-order valence-electron chi connectivity index (χ1n) is 8.00. The van der Waals surface area contributed by atoms with Crippen molar-refractivity contribution in [3.8, 4) is 5.75 Å². The van der Waals surface area contributed by atoms with Gasteiger partial charge < -0.3 is 10.5 Å². The standard InChI is InChI=1S/C17H18F3N3O4/c1-3-7-23-14(21)13(15(25)22(2)16(23)26)12(24)9-27-11-6-4-5-10(8-11)17(18,19)20/h4-6,8H,3,7,9,21H2,1-2H3. The summed E-state index contributed by atoms with van der Waals surface area (Å²) in [6.07, 6.45) is -4.02. The molecule has 27 heavy (non-hydrogen) atoms. The Balaban J connectivity index is 2.32. The predicted molar refractivity (Wildman–Crippen MR) is 91.9 cm³/mol. The van der Waals surface area contributed by atoms with E-state index in [4.69, 9.17) is 10.5 Å². The summed E-state index contributed by atoms with van der Waals surface area (Å²) >= 11 is 0. The number of carbonyl (C=O) groups excluding carboxylic acids is 1. The number of Topliss-reactive ketones (excluding diaryl/α,β-unsaturated/α-hetero) is 1. The molecule has 146 valence electrons. The van der Waals surface area contributed by atoms with Crippen LogP contribution in [0.15, 0.2) is 33.9 Å². The largest absolute Gasteiger partial charge is 0.485 e. The van der Waals surface area contributed by atoms with E-state index < -0.39 is 40.9 Å². The van der Waals surface area contributed by atoms with Crippen LogP contribution >= 0.6 is 0 Å². The van der Waals surface area contributed by atoms with Gasteiger partial charge in [0, 0.05) is 13.6 Å². The Bertz CT molecular complexity index is 977. The van der Waals surface area contributed by atoms with Crippen molar-refractivity contribution in [2.24, 2.45) is 7.05 Å². The number of rotatable bonds is 6. The number of hydrogen-bond donors (Lipinski definition) is 1. The zero-order valence-electron chi connectivity index (χ0n) is 14.7. The summed E-state index contributed by atoms with van der Waals surface area (Å²) in [5.74, 6) is -1.31. The van der Waals surface area contributed by atoms with Crippen LogP contribution in [0.25, 0.3) is 0 Å². The lowest BCUT2D eigenvalue weighted by Gasteiger charge is -2.14. The Morgan fingerprint density at radius 2 is 1.93 bits per heavy atom. The van der Waals surface area contributed by atoms with Crippen LogP contribution in [0, 0.1) is 0 Å². The lowest BCUT2D eigenvalue weighted by atomic mass is 10.2. The monoisotopic (exact) mass is 385 g/mol. The molecule has 0 fully saturated rings. The number of benzene rings is 1. The predicted octanol–water partition coefficient (Wildman–Crippen LogP) is 1.82. The van der Waals surface area contributed by atoms with Crippen LogP contribution in [-0.4, -0.2) is 21.5 Å². The number of anilines is 1. The zero-order valence-corrected chi connectivity index (χ0v) is 14.7. The fourth-order valence-electron chi connectivity index (χ4n) is 2.47. The van der Waals surface area contributed by atoms with Crippen LogP contribution < -0.4 is 21.7 Å². The van der Waals surface area contributed by atoms with E-state index in [9.17, 15) is 27.6 Å². The maximum Gasteiger partial charge on any atom is 0.416 e. The van der Waals surface area contributed by atoms with Gasteiger partial charge in [-0.25, -0.2) is 4.79 Å². The first-order valence-corrected chi connectivity index (χ1v) is 8.00. The number of aromatic nitrogens is 2. The van der Waals surface area contributed by atoms with Crippen molar-refractivity contribution in [3.63, 3.8) is 0 Å². The number of carbonyl (C=O) groups is 1. The number of nitrogens with zero attached hydrogens (tertiary/aromatic N) is 2. The second-order valence-corrected chi connectivity index (χ2v) is 5.80. The van der Waals surface area contributed by atoms with E-state index in [1.54, 1.807) is 6.92 Å². The lowest BCUT2D eigenvalue weighted by Crippen LogP contribution is -2.43. The number of nitrogen functional groups attached to an aromatic ring is 1. The van der Waals surface area contributed by atoms with Gasteiger partial charge in [-0.2, -0.15) is 13.2 Å². The molecule has 10 heteroatoms. The molecule has 0 spiro atoms. The number of nitrogens with two attached hydrogens (primary N) is 1. The molecule has 0 bridgehead atoms. The van der Waals surface area contributed by atoms with E-state index in [1.807, 2.05) is 0 Å². The minimum atomic E-state index is -4.56. The van der Waals surface area contributed by atoms with Gasteiger partial charge in [-0.15, -0.1) is 0 Å². The first kappa shape index (κ1) is 20.3. The molecular formula is C17H18F3N3O4. The van der Waals surface area contributed by atoms with Crippen LogP contribution in [0.1, 0.15) is 29.3 Å². The highest BCUT2D eigenvalue weighted by Crippen LogP contribution is 2.31. The van der Waals surface area contributed by atoms with Gasteiger partial charge >= 0.3 is 11.9 Å². The minimum Gasteiger partial charge on any atom is -0.485 e. The topological polar surface area (TPSA) is 96.3 Å². The van der Waals surface area contributed by atoms with Gasteiger partial charge in [-0.1, -0.05) is 13.0 Å². The van der Waals surface area contributed by atoms with Crippen molar-refractivity contribution >= 4 is 11.6 Å². The lowest BCUT2D eigenvalue weighted by molar-refractivity contribution is -0.137. The molecule has 1 aromatic carbocycles. The summed E-state index contributed by atoms with van der Waals surface area (Å²) in [4.78, 5) is 36.7. The highest BCUT2D eigenvalue weighted by Gasteiger charge is 2.30. The number of halogens is 3. The molecule has 1 heterocycles. The summed E-state index contributed by atoms with van der Waals surface area (Å²) in [7, 11) is 1.21. The summed E-state index contributed by atoms with van der Waals surface area (Å²) in [5.41, 5.74) is 2.91. The van der Waals surface area contributed by atoms with E-state index in [2.05, 4.69) is 0 Å². The highest BCUT2D eigenvalue weighted by molar-refractivity contribution is 6.00. The summed E-state index contributed by atoms with van der Waals surface area (Å²) in [6.45, 7) is 1.29. The number of ether oxygens (including phenoxy) is 1. The van der Waals surface area contributed by atoms with Crippen molar-refractivity contribution in [2.45, 2.75) is 26.1 Å². The molecule has 0 amide bonds. The van der Waals surface area contributed by atoms with Crippen LogP contribution in [0.4, 0.5) is 19.0 Å². The molecule has 2 aromatic rings. The minimum absolute atomic E-state index is 0.185. The molecule has 0 saturated heterocycles. The van der Waals surface area contributed by atoms with Gasteiger partial charge in [0.15, 0.2) is 6.61 Å². The Hall–Kier alpha value is -3.04. The molecule has 0 radical (unpaired) electrons.